The van der Waals surface area contributed by atoms with Crippen LogP contribution in [0, 0.1) is 0 Å². The van der Waals surface area contributed by atoms with Crippen LogP contribution >= 0.6 is 12.6 Å². The van der Waals surface area contributed by atoms with E-state index in [0.29, 0.717) is 12.8 Å². The van der Waals surface area contributed by atoms with Crippen LogP contribution in [0.3, 0.4) is 0 Å². The zero-order valence-corrected chi connectivity index (χ0v) is 9.36. The molecule has 5 N–H and O–H groups in total. The van der Waals surface area contributed by atoms with Crippen LogP contribution in [0.2, 0.25) is 0 Å². The first-order valence-electron chi connectivity index (χ1n) is 5.07. The minimum Gasteiger partial charge on any atom is -0.394 e. The van der Waals surface area contributed by atoms with Gasteiger partial charge in [-0.3, -0.25) is 4.79 Å². The molecule has 88 valence electrons. The summed E-state index contributed by atoms with van der Waals surface area (Å²) in [5.41, 5.74) is 5.37. The second kappa shape index (κ2) is 5.69. The SMILES string of the molecule is N[C@H](CO)C(=O)N[C@H]1CC[C@@H](O)[C@H](S)C1. The van der Waals surface area contributed by atoms with Gasteiger partial charge in [0, 0.05) is 11.3 Å². The predicted octanol–water partition coefficient (Wildman–Crippen LogP) is -1.37. The van der Waals surface area contributed by atoms with Crippen molar-refractivity contribution in [2.75, 3.05) is 6.61 Å². The number of rotatable bonds is 3. The third-order valence-corrected chi connectivity index (χ3v) is 3.22. The lowest BCUT2D eigenvalue weighted by atomic mass is 9.92. The molecule has 15 heavy (non-hydrogen) atoms. The average Bonchev–Trinajstić information content (AvgIpc) is 2.22. The van der Waals surface area contributed by atoms with Gasteiger partial charge in [0.05, 0.1) is 12.7 Å². The maximum absolute atomic E-state index is 11.3. The summed E-state index contributed by atoms with van der Waals surface area (Å²) < 4.78 is 0. The molecule has 0 aromatic rings. The summed E-state index contributed by atoms with van der Waals surface area (Å²) in [6, 6.07) is -0.865. The number of nitrogens with two attached hydrogens (primary N) is 1. The van der Waals surface area contributed by atoms with Crippen LogP contribution in [0.5, 0.6) is 0 Å². The second-order valence-electron chi connectivity index (χ2n) is 3.94. The molecule has 0 spiro atoms. The van der Waals surface area contributed by atoms with E-state index in [-0.39, 0.29) is 23.8 Å². The van der Waals surface area contributed by atoms with Gasteiger partial charge in [-0.1, -0.05) is 0 Å². The molecule has 0 bridgehead atoms. The van der Waals surface area contributed by atoms with E-state index in [4.69, 9.17) is 10.8 Å². The van der Waals surface area contributed by atoms with Crippen molar-refractivity contribution in [3.8, 4) is 0 Å². The molecule has 0 aromatic heterocycles. The molecule has 5 nitrogen and oxygen atoms in total. The van der Waals surface area contributed by atoms with Crippen molar-refractivity contribution in [1.82, 2.24) is 5.32 Å². The van der Waals surface area contributed by atoms with Crippen LogP contribution in [0.25, 0.3) is 0 Å². The van der Waals surface area contributed by atoms with Crippen molar-refractivity contribution in [3.05, 3.63) is 0 Å². The maximum Gasteiger partial charge on any atom is 0.239 e. The third kappa shape index (κ3) is 3.64. The number of hydrogen-bond donors (Lipinski definition) is 5. The molecule has 0 aliphatic heterocycles. The van der Waals surface area contributed by atoms with E-state index < -0.39 is 12.1 Å². The summed E-state index contributed by atoms with van der Waals surface area (Å²) >= 11 is 4.23. The first kappa shape index (κ1) is 12.8. The van der Waals surface area contributed by atoms with E-state index in [1.54, 1.807) is 0 Å². The molecule has 0 saturated heterocycles. The van der Waals surface area contributed by atoms with Crippen molar-refractivity contribution in [2.24, 2.45) is 5.73 Å². The summed E-state index contributed by atoms with van der Waals surface area (Å²) in [4.78, 5) is 11.3. The summed E-state index contributed by atoms with van der Waals surface area (Å²) in [6.45, 7) is -0.356. The highest BCUT2D eigenvalue weighted by molar-refractivity contribution is 7.81. The molecule has 4 atom stereocenters. The van der Waals surface area contributed by atoms with E-state index in [9.17, 15) is 9.90 Å². The monoisotopic (exact) mass is 234 g/mol. The first-order valence-corrected chi connectivity index (χ1v) is 5.59. The van der Waals surface area contributed by atoms with Gasteiger partial charge in [-0.25, -0.2) is 0 Å². The molecule has 1 saturated carbocycles. The van der Waals surface area contributed by atoms with Gasteiger partial charge >= 0.3 is 0 Å². The summed E-state index contributed by atoms with van der Waals surface area (Å²) in [5.74, 6) is -0.348. The number of carbonyl (C=O) groups is 1. The first-order chi connectivity index (χ1) is 7.04. The minimum absolute atomic E-state index is 0.000926. The highest BCUT2D eigenvalue weighted by Crippen LogP contribution is 2.23. The van der Waals surface area contributed by atoms with Gasteiger partial charge in [0.15, 0.2) is 0 Å². The Hall–Kier alpha value is -0.300. The van der Waals surface area contributed by atoms with E-state index >= 15 is 0 Å². The Morgan fingerprint density at radius 1 is 1.60 bits per heavy atom. The minimum atomic E-state index is -0.866. The number of amides is 1. The van der Waals surface area contributed by atoms with Gasteiger partial charge in [-0.05, 0) is 19.3 Å². The Bertz CT molecular complexity index is 227. The summed E-state index contributed by atoms with van der Waals surface area (Å²) in [5, 5.41) is 20.8. The molecule has 0 radical (unpaired) electrons. The van der Waals surface area contributed by atoms with Crippen molar-refractivity contribution < 1.29 is 15.0 Å². The molecule has 0 aromatic carbocycles. The van der Waals surface area contributed by atoms with Gasteiger partial charge in [0.1, 0.15) is 6.04 Å². The van der Waals surface area contributed by atoms with Crippen LogP contribution in [-0.4, -0.2) is 46.2 Å². The predicted molar refractivity (Wildman–Crippen MR) is 59.6 cm³/mol. The Balaban J connectivity index is 2.36. The number of nitrogens with one attached hydrogen (secondary N) is 1. The van der Waals surface area contributed by atoms with Crippen LogP contribution in [0.1, 0.15) is 19.3 Å². The van der Waals surface area contributed by atoms with Gasteiger partial charge in [-0.2, -0.15) is 12.6 Å². The van der Waals surface area contributed by atoms with Crippen LogP contribution in [0.15, 0.2) is 0 Å². The van der Waals surface area contributed by atoms with E-state index in [1.165, 1.54) is 0 Å². The lowest BCUT2D eigenvalue weighted by Gasteiger charge is -2.31. The topological polar surface area (TPSA) is 95.6 Å². The lowest BCUT2D eigenvalue weighted by molar-refractivity contribution is -0.124. The number of aliphatic hydroxyl groups excluding tert-OH is 2. The molecule has 1 aliphatic carbocycles. The fraction of sp³-hybridized carbons (Fsp3) is 0.889. The molecule has 6 heteroatoms. The van der Waals surface area contributed by atoms with Gasteiger partial charge in [0.25, 0.3) is 0 Å². The largest absolute Gasteiger partial charge is 0.394 e. The maximum atomic E-state index is 11.3. The lowest BCUT2D eigenvalue weighted by Crippen LogP contribution is -2.50. The standard InChI is InChI=1S/C9H18N2O3S/c10-6(4-12)9(14)11-5-1-2-7(13)8(15)3-5/h5-8,12-13,15H,1-4,10H2,(H,11,14)/t5-,6+,7+,8+/m0/s1. The molecule has 1 aliphatic rings. The van der Waals surface area contributed by atoms with Crippen molar-refractivity contribution >= 4 is 18.5 Å². The molecular formula is C9H18N2O3S. The summed E-state index contributed by atoms with van der Waals surface area (Å²) in [7, 11) is 0. The second-order valence-corrected chi connectivity index (χ2v) is 4.61. The zero-order valence-electron chi connectivity index (χ0n) is 8.47. The Labute approximate surface area is 94.4 Å². The number of aliphatic hydroxyl groups is 2. The molecule has 0 unspecified atom stereocenters. The number of thiol groups is 1. The quantitative estimate of drug-likeness (QED) is 0.390. The Morgan fingerprint density at radius 2 is 2.27 bits per heavy atom. The van der Waals surface area contributed by atoms with E-state index in [2.05, 4.69) is 17.9 Å². The normalized spacial score (nSPS) is 33.5. The number of hydrogen-bond acceptors (Lipinski definition) is 5. The average molecular weight is 234 g/mol. The van der Waals surface area contributed by atoms with Crippen molar-refractivity contribution in [2.45, 2.75) is 42.7 Å². The van der Waals surface area contributed by atoms with Gasteiger partial charge in [0.2, 0.25) is 5.91 Å². The Morgan fingerprint density at radius 3 is 2.80 bits per heavy atom. The molecular weight excluding hydrogens is 216 g/mol. The molecule has 1 amide bonds. The van der Waals surface area contributed by atoms with Crippen molar-refractivity contribution in [1.29, 1.82) is 0 Å². The van der Waals surface area contributed by atoms with Crippen molar-refractivity contribution in [3.63, 3.8) is 0 Å². The van der Waals surface area contributed by atoms with E-state index in [0.717, 1.165) is 6.42 Å². The van der Waals surface area contributed by atoms with Gasteiger partial charge in [-0.15, -0.1) is 0 Å². The van der Waals surface area contributed by atoms with Gasteiger partial charge < -0.3 is 21.3 Å². The molecule has 1 fully saturated rings. The van der Waals surface area contributed by atoms with Crippen LogP contribution in [0.4, 0.5) is 0 Å². The zero-order chi connectivity index (χ0) is 11.4. The smallest absolute Gasteiger partial charge is 0.239 e. The van der Waals surface area contributed by atoms with E-state index in [1.807, 2.05) is 0 Å². The Kier molecular flexibility index (Phi) is 4.85. The highest BCUT2D eigenvalue weighted by Gasteiger charge is 2.28. The van der Waals surface area contributed by atoms with Crippen LogP contribution in [-0.2, 0) is 4.79 Å². The fourth-order valence-electron chi connectivity index (χ4n) is 1.65. The fourth-order valence-corrected chi connectivity index (χ4v) is 2.06. The molecule has 0 heterocycles. The molecule has 1 rings (SSSR count). The highest BCUT2D eigenvalue weighted by atomic mass is 32.1. The number of carbonyl (C=O) groups excluding carboxylic acids is 1. The third-order valence-electron chi connectivity index (χ3n) is 2.66. The van der Waals surface area contributed by atoms with Crippen LogP contribution < -0.4 is 11.1 Å². The summed E-state index contributed by atoms with van der Waals surface area (Å²) in [6.07, 6.45) is 1.59.